The third-order valence-corrected chi connectivity index (χ3v) is 7.72. The van der Waals surface area contributed by atoms with E-state index in [1.165, 1.54) is 56.9 Å². The van der Waals surface area contributed by atoms with E-state index >= 15 is 0 Å². The average Bonchev–Trinajstić information content (AvgIpc) is 2.79. The molecule has 0 amide bonds. The highest BCUT2D eigenvalue weighted by atomic mass is 16.7. The smallest absolute Gasteiger partial charge is 0.181 e. The molecule has 4 aliphatic rings. The van der Waals surface area contributed by atoms with Crippen LogP contribution in [0.3, 0.4) is 0 Å². The van der Waals surface area contributed by atoms with Crippen molar-refractivity contribution in [1.29, 1.82) is 0 Å². The van der Waals surface area contributed by atoms with Crippen LogP contribution in [0, 0.1) is 5.41 Å². The topological polar surface area (TPSA) is 27.7 Å². The van der Waals surface area contributed by atoms with Crippen molar-refractivity contribution in [2.24, 2.45) is 5.41 Å². The van der Waals surface area contributed by atoms with Crippen molar-refractivity contribution in [1.82, 2.24) is 0 Å². The highest BCUT2D eigenvalue weighted by molar-refractivity contribution is 5.32. The summed E-state index contributed by atoms with van der Waals surface area (Å²) >= 11 is 0. The van der Waals surface area contributed by atoms with Gasteiger partial charge in [-0.2, -0.15) is 0 Å². The Morgan fingerprint density at radius 3 is 2.24 bits per heavy atom. The second-order valence-electron chi connectivity index (χ2n) is 9.45. The highest BCUT2D eigenvalue weighted by Gasteiger charge is 2.48. The third-order valence-electron chi connectivity index (χ3n) is 7.72. The molecule has 0 spiro atoms. The Kier molecular flexibility index (Phi) is 6.78. The van der Waals surface area contributed by atoms with Crippen LogP contribution in [0.1, 0.15) is 88.9 Å². The van der Waals surface area contributed by atoms with Crippen molar-refractivity contribution >= 4 is 0 Å². The van der Waals surface area contributed by atoms with E-state index in [1.54, 1.807) is 5.56 Å². The molecule has 1 aromatic carbocycles. The molecule has 3 saturated carbocycles. The minimum Gasteiger partial charge on any atom is -0.366 e. The summed E-state index contributed by atoms with van der Waals surface area (Å²) in [7, 11) is 0. The Morgan fingerprint density at radius 2 is 1.66 bits per heavy atom. The summed E-state index contributed by atoms with van der Waals surface area (Å²) < 4.78 is 17.6. The molecular formula is C26H38O3. The van der Waals surface area contributed by atoms with Crippen molar-refractivity contribution < 1.29 is 14.2 Å². The fourth-order valence-electron chi connectivity index (χ4n) is 5.82. The van der Waals surface area contributed by atoms with Gasteiger partial charge < -0.3 is 14.2 Å². The molecule has 3 aliphatic carbocycles. The SMILES string of the molecule is CC/C=C/CO[C@@H]1CO[C@@H](c2ccc(C34CCC(CCC)(CC3)CC4)cc2)CO1. The van der Waals surface area contributed by atoms with Gasteiger partial charge >= 0.3 is 0 Å². The number of fused-ring (bicyclic) bond motifs is 3. The van der Waals surface area contributed by atoms with Crippen LogP contribution in [0.15, 0.2) is 36.4 Å². The second kappa shape index (κ2) is 9.32. The quantitative estimate of drug-likeness (QED) is 0.469. The van der Waals surface area contributed by atoms with Crippen LogP contribution in [0.2, 0.25) is 0 Å². The van der Waals surface area contributed by atoms with E-state index in [0.717, 1.165) is 6.42 Å². The zero-order valence-electron chi connectivity index (χ0n) is 18.3. The summed E-state index contributed by atoms with van der Waals surface area (Å²) in [6.45, 7) is 6.11. The highest BCUT2D eigenvalue weighted by Crippen LogP contribution is 2.59. The first kappa shape index (κ1) is 21.1. The number of hydrogen-bond acceptors (Lipinski definition) is 3. The molecule has 5 rings (SSSR count). The van der Waals surface area contributed by atoms with Crippen LogP contribution in [-0.4, -0.2) is 26.1 Å². The molecule has 0 unspecified atom stereocenters. The lowest BCUT2D eigenvalue weighted by Crippen LogP contribution is -2.44. The molecule has 2 bridgehead atoms. The molecule has 0 radical (unpaired) electrons. The molecule has 3 nitrogen and oxygen atoms in total. The van der Waals surface area contributed by atoms with Gasteiger partial charge in [-0.05, 0) is 73.3 Å². The van der Waals surface area contributed by atoms with Gasteiger partial charge in [0.2, 0.25) is 0 Å². The molecule has 1 aromatic rings. The fourth-order valence-corrected chi connectivity index (χ4v) is 5.82. The van der Waals surface area contributed by atoms with E-state index in [2.05, 4.69) is 44.2 Å². The number of benzene rings is 1. The van der Waals surface area contributed by atoms with Gasteiger partial charge in [-0.25, -0.2) is 0 Å². The second-order valence-corrected chi connectivity index (χ2v) is 9.45. The fraction of sp³-hybridized carbons (Fsp3) is 0.692. The minimum absolute atomic E-state index is 0.0162. The zero-order valence-corrected chi connectivity index (χ0v) is 18.3. The molecule has 0 N–H and O–H groups in total. The molecule has 3 heteroatoms. The van der Waals surface area contributed by atoms with E-state index in [1.807, 2.05) is 6.08 Å². The van der Waals surface area contributed by atoms with E-state index in [-0.39, 0.29) is 12.4 Å². The molecule has 4 fully saturated rings. The van der Waals surface area contributed by atoms with Crippen molar-refractivity contribution in [2.45, 2.75) is 89.4 Å². The Labute approximate surface area is 176 Å². The monoisotopic (exact) mass is 398 g/mol. The maximum Gasteiger partial charge on any atom is 0.181 e. The van der Waals surface area contributed by atoms with E-state index in [0.29, 0.717) is 30.7 Å². The van der Waals surface area contributed by atoms with Gasteiger partial charge in [-0.15, -0.1) is 0 Å². The Morgan fingerprint density at radius 1 is 0.931 bits per heavy atom. The Hall–Kier alpha value is -1.16. The number of ether oxygens (including phenoxy) is 3. The van der Waals surface area contributed by atoms with Crippen LogP contribution in [-0.2, 0) is 19.6 Å². The lowest BCUT2D eigenvalue weighted by atomic mass is 9.51. The summed E-state index contributed by atoms with van der Waals surface area (Å²) in [6, 6.07) is 9.28. The Balaban J connectivity index is 1.31. The maximum atomic E-state index is 6.04. The normalized spacial score (nSPS) is 34.7. The van der Waals surface area contributed by atoms with Gasteiger partial charge in [0.25, 0.3) is 0 Å². The van der Waals surface area contributed by atoms with Crippen molar-refractivity contribution in [3.05, 3.63) is 47.5 Å². The van der Waals surface area contributed by atoms with Gasteiger partial charge in [0.05, 0.1) is 19.8 Å². The van der Waals surface area contributed by atoms with Crippen LogP contribution in [0.25, 0.3) is 0 Å². The van der Waals surface area contributed by atoms with E-state index < -0.39 is 0 Å². The first-order valence-corrected chi connectivity index (χ1v) is 11.8. The van der Waals surface area contributed by atoms with Crippen LogP contribution < -0.4 is 0 Å². The molecule has 1 aliphatic heterocycles. The number of hydrogen-bond donors (Lipinski definition) is 0. The van der Waals surface area contributed by atoms with Crippen LogP contribution >= 0.6 is 0 Å². The summed E-state index contributed by atoms with van der Waals surface area (Å²) in [4.78, 5) is 0. The average molecular weight is 399 g/mol. The third kappa shape index (κ3) is 4.62. The van der Waals surface area contributed by atoms with Gasteiger partial charge in [-0.3, -0.25) is 0 Å². The standard InChI is InChI=1S/C26H38O3/c1-3-5-6-18-27-24-20-28-23(19-29-24)21-7-9-22(10-8-21)26-15-12-25(11-4-2,13-16-26)14-17-26/h5-10,23-24H,3-4,11-20H2,1-2H3/b6-5+/t23-,24+,25?,26?/m1/s1. The molecule has 160 valence electrons. The van der Waals surface area contributed by atoms with Crippen molar-refractivity contribution in [3.8, 4) is 0 Å². The van der Waals surface area contributed by atoms with Gasteiger partial charge in [-0.1, -0.05) is 56.7 Å². The minimum atomic E-state index is -0.251. The van der Waals surface area contributed by atoms with Crippen molar-refractivity contribution in [2.75, 3.05) is 19.8 Å². The van der Waals surface area contributed by atoms with Crippen LogP contribution in [0.5, 0.6) is 0 Å². The number of allylic oxidation sites excluding steroid dienone is 1. The predicted octanol–water partition coefficient (Wildman–Crippen LogP) is 6.48. The van der Waals surface area contributed by atoms with Gasteiger partial charge in [0.1, 0.15) is 6.10 Å². The molecule has 2 atom stereocenters. The van der Waals surface area contributed by atoms with E-state index in [4.69, 9.17) is 14.2 Å². The molecule has 1 saturated heterocycles. The molecule has 29 heavy (non-hydrogen) atoms. The molecule has 0 aromatic heterocycles. The van der Waals surface area contributed by atoms with Gasteiger partial charge in [0.15, 0.2) is 6.29 Å². The summed E-state index contributed by atoms with van der Waals surface area (Å²) in [6.07, 6.45) is 16.1. The van der Waals surface area contributed by atoms with Crippen LogP contribution in [0.4, 0.5) is 0 Å². The van der Waals surface area contributed by atoms with Gasteiger partial charge in [0, 0.05) is 0 Å². The van der Waals surface area contributed by atoms with Crippen molar-refractivity contribution in [3.63, 3.8) is 0 Å². The number of rotatable bonds is 8. The first-order valence-electron chi connectivity index (χ1n) is 11.8. The largest absolute Gasteiger partial charge is 0.366 e. The predicted molar refractivity (Wildman–Crippen MR) is 117 cm³/mol. The van der Waals surface area contributed by atoms with E-state index in [9.17, 15) is 0 Å². The first-order chi connectivity index (χ1) is 14.2. The summed E-state index contributed by atoms with van der Waals surface area (Å²) in [5, 5.41) is 0. The lowest BCUT2D eigenvalue weighted by molar-refractivity contribution is -0.232. The zero-order chi connectivity index (χ0) is 20.2. The maximum absolute atomic E-state index is 6.04. The lowest BCUT2D eigenvalue weighted by Gasteiger charge is -2.54. The molecular weight excluding hydrogens is 360 g/mol. The Bertz CT molecular complexity index is 645. The summed E-state index contributed by atoms with van der Waals surface area (Å²) in [5.74, 6) is 0. The summed E-state index contributed by atoms with van der Waals surface area (Å²) in [5.41, 5.74) is 3.88. The molecule has 1 heterocycles.